The van der Waals surface area contributed by atoms with Crippen LogP contribution in [0.25, 0.3) is 0 Å². The molecule has 0 saturated carbocycles. The molecule has 0 bridgehead atoms. The monoisotopic (exact) mass is 209 g/mol. The van der Waals surface area contributed by atoms with Gasteiger partial charge in [0, 0.05) is 19.3 Å². The fraction of sp³-hybridized carbons (Fsp3) is 0.750. The van der Waals surface area contributed by atoms with Crippen LogP contribution in [0.3, 0.4) is 0 Å². The summed E-state index contributed by atoms with van der Waals surface area (Å²) in [6.07, 6.45) is 6.34. The highest BCUT2D eigenvalue weighted by Gasteiger charge is 2.04. The molecule has 1 aromatic rings. The summed E-state index contributed by atoms with van der Waals surface area (Å²) in [6.45, 7) is 7.83. The lowest BCUT2D eigenvalue weighted by atomic mass is 10.1. The topological polar surface area (TPSA) is 29.9 Å². The molecule has 1 heterocycles. The molecular formula is C12H23N3. The van der Waals surface area contributed by atoms with Gasteiger partial charge >= 0.3 is 0 Å². The fourth-order valence-electron chi connectivity index (χ4n) is 1.46. The van der Waals surface area contributed by atoms with Crippen LogP contribution in [0.15, 0.2) is 12.4 Å². The van der Waals surface area contributed by atoms with Gasteiger partial charge in [-0.3, -0.25) is 4.68 Å². The first-order chi connectivity index (χ1) is 7.09. The molecule has 0 amide bonds. The first-order valence-corrected chi connectivity index (χ1v) is 5.80. The maximum absolute atomic E-state index is 4.15. The van der Waals surface area contributed by atoms with Crippen LogP contribution >= 0.6 is 0 Å². The minimum absolute atomic E-state index is 0.610. The highest BCUT2D eigenvalue weighted by atomic mass is 15.2. The molecular weight excluding hydrogens is 186 g/mol. The second-order valence-electron chi connectivity index (χ2n) is 4.61. The van der Waals surface area contributed by atoms with Crippen molar-refractivity contribution in [1.82, 2.24) is 15.1 Å². The molecule has 0 aliphatic rings. The van der Waals surface area contributed by atoms with Crippen molar-refractivity contribution >= 4 is 0 Å². The molecule has 0 aromatic carbocycles. The van der Waals surface area contributed by atoms with E-state index >= 15 is 0 Å². The Balaban J connectivity index is 2.12. The lowest BCUT2D eigenvalue weighted by molar-refractivity contribution is 0.424. The molecule has 0 fully saturated rings. The zero-order chi connectivity index (χ0) is 11.3. The number of nitrogens with zero attached hydrogens (tertiary/aromatic N) is 2. The van der Waals surface area contributed by atoms with Gasteiger partial charge in [-0.15, -0.1) is 0 Å². The van der Waals surface area contributed by atoms with Gasteiger partial charge in [0.05, 0.1) is 6.20 Å². The number of nitrogens with one attached hydrogen (secondary N) is 1. The lowest BCUT2D eigenvalue weighted by Crippen LogP contribution is -2.31. The largest absolute Gasteiger partial charge is 0.314 e. The molecule has 1 unspecified atom stereocenters. The van der Waals surface area contributed by atoms with E-state index < -0.39 is 0 Å². The fourth-order valence-corrected chi connectivity index (χ4v) is 1.46. The maximum Gasteiger partial charge on any atom is 0.0521 e. The van der Waals surface area contributed by atoms with E-state index in [1.165, 1.54) is 12.0 Å². The molecule has 0 spiro atoms. The molecule has 1 atom stereocenters. The van der Waals surface area contributed by atoms with Crippen molar-refractivity contribution in [3.63, 3.8) is 0 Å². The van der Waals surface area contributed by atoms with Gasteiger partial charge in [0.2, 0.25) is 0 Å². The first-order valence-electron chi connectivity index (χ1n) is 5.80. The Morgan fingerprint density at radius 3 is 2.67 bits per heavy atom. The zero-order valence-electron chi connectivity index (χ0n) is 10.3. The SMILES string of the molecule is CC(C)C(C)NCCCc1cnn(C)c1. The van der Waals surface area contributed by atoms with E-state index in [4.69, 9.17) is 0 Å². The summed E-state index contributed by atoms with van der Waals surface area (Å²) in [4.78, 5) is 0. The van der Waals surface area contributed by atoms with Crippen molar-refractivity contribution in [3.05, 3.63) is 18.0 Å². The Labute approximate surface area is 92.9 Å². The van der Waals surface area contributed by atoms with Crippen LogP contribution in [0.1, 0.15) is 32.8 Å². The van der Waals surface area contributed by atoms with Gasteiger partial charge in [-0.2, -0.15) is 5.10 Å². The minimum atomic E-state index is 0.610. The smallest absolute Gasteiger partial charge is 0.0521 e. The van der Waals surface area contributed by atoms with Gasteiger partial charge in [-0.05, 0) is 37.8 Å². The Hall–Kier alpha value is -0.830. The third-order valence-electron chi connectivity index (χ3n) is 2.87. The van der Waals surface area contributed by atoms with Crippen molar-refractivity contribution in [2.75, 3.05) is 6.54 Å². The minimum Gasteiger partial charge on any atom is -0.314 e. The second kappa shape index (κ2) is 5.91. The summed E-state index contributed by atoms with van der Waals surface area (Å²) >= 11 is 0. The van der Waals surface area contributed by atoms with Gasteiger partial charge in [0.1, 0.15) is 0 Å². The number of rotatable bonds is 6. The van der Waals surface area contributed by atoms with Crippen LogP contribution < -0.4 is 5.32 Å². The summed E-state index contributed by atoms with van der Waals surface area (Å²) in [5.74, 6) is 0.711. The molecule has 0 aliphatic heterocycles. The normalized spacial score (nSPS) is 13.4. The number of aryl methyl sites for hydroxylation is 2. The third kappa shape index (κ3) is 4.47. The van der Waals surface area contributed by atoms with E-state index in [2.05, 4.69) is 37.4 Å². The summed E-state index contributed by atoms with van der Waals surface area (Å²) < 4.78 is 1.86. The van der Waals surface area contributed by atoms with Gasteiger partial charge in [0.15, 0.2) is 0 Å². The maximum atomic E-state index is 4.15. The van der Waals surface area contributed by atoms with E-state index in [1.54, 1.807) is 0 Å². The summed E-state index contributed by atoms with van der Waals surface area (Å²) in [7, 11) is 1.96. The van der Waals surface area contributed by atoms with E-state index in [9.17, 15) is 0 Å². The predicted molar refractivity (Wildman–Crippen MR) is 63.8 cm³/mol. The van der Waals surface area contributed by atoms with Crippen LogP contribution in [-0.2, 0) is 13.5 Å². The lowest BCUT2D eigenvalue weighted by Gasteiger charge is -2.16. The second-order valence-corrected chi connectivity index (χ2v) is 4.61. The molecule has 1 N–H and O–H groups in total. The molecule has 3 heteroatoms. The molecule has 15 heavy (non-hydrogen) atoms. The first kappa shape index (κ1) is 12.2. The molecule has 0 aliphatic carbocycles. The average molecular weight is 209 g/mol. The molecule has 0 saturated heterocycles. The highest BCUT2D eigenvalue weighted by molar-refractivity contribution is 5.03. The number of hydrogen-bond donors (Lipinski definition) is 1. The van der Waals surface area contributed by atoms with Crippen LogP contribution in [0.4, 0.5) is 0 Å². The predicted octanol–water partition coefficient (Wildman–Crippen LogP) is 1.99. The average Bonchev–Trinajstić information content (AvgIpc) is 2.58. The van der Waals surface area contributed by atoms with Crippen molar-refractivity contribution in [2.45, 2.75) is 39.7 Å². The van der Waals surface area contributed by atoms with Gasteiger partial charge in [-0.25, -0.2) is 0 Å². The van der Waals surface area contributed by atoms with E-state index in [0.29, 0.717) is 12.0 Å². The van der Waals surface area contributed by atoms with Crippen LogP contribution in [0.2, 0.25) is 0 Å². The Kier molecular flexibility index (Phi) is 4.82. The Bertz CT molecular complexity index is 278. The van der Waals surface area contributed by atoms with E-state index in [-0.39, 0.29) is 0 Å². The van der Waals surface area contributed by atoms with Gasteiger partial charge in [0.25, 0.3) is 0 Å². The van der Waals surface area contributed by atoms with Crippen LogP contribution in [0.5, 0.6) is 0 Å². The van der Waals surface area contributed by atoms with Gasteiger partial charge < -0.3 is 5.32 Å². The summed E-state index contributed by atoms with van der Waals surface area (Å²) in [5.41, 5.74) is 1.33. The zero-order valence-corrected chi connectivity index (χ0v) is 10.3. The Morgan fingerprint density at radius 1 is 1.40 bits per heavy atom. The number of hydrogen-bond acceptors (Lipinski definition) is 2. The van der Waals surface area contributed by atoms with Crippen LogP contribution in [-0.4, -0.2) is 22.4 Å². The van der Waals surface area contributed by atoms with Gasteiger partial charge in [-0.1, -0.05) is 13.8 Å². The Morgan fingerprint density at radius 2 is 2.13 bits per heavy atom. The van der Waals surface area contributed by atoms with E-state index in [0.717, 1.165) is 13.0 Å². The summed E-state index contributed by atoms with van der Waals surface area (Å²) in [6, 6.07) is 0.610. The standard InChI is InChI=1S/C12H23N3/c1-10(2)11(3)13-7-5-6-12-8-14-15(4)9-12/h8-11,13H,5-7H2,1-4H3. The quantitative estimate of drug-likeness (QED) is 0.726. The van der Waals surface area contributed by atoms with Crippen molar-refractivity contribution < 1.29 is 0 Å². The molecule has 3 nitrogen and oxygen atoms in total. The molecule has 1 aromatic heterocycles. The van der Waals surface area contributed by atoms with Crippen LogP contribution in [0, 0.1) is 5.92 Å². The third-order valence-corrected chi connectivity index (χ3v) is 2.87. The van der Waals surface area contributed by atoms with E-state index in [1.807, 2.05) is 17.9 Å². The van der Waals surface area contributed by atoms with Crippen molar-refractivity contribution in [1.29, 1.82) is 0 Å². The molecule has 1 rings (SSSR count). The highest BCUT2D eigenvalue weighted by Crippen LogP contribution is 2.02. The molecule has 0 radical (unpaired) electrons. The number of aromatic nitrogens is 2. The molecule has 86 valence electrons. The summed E-state index contributed by atoms with van der Waals surface area (Å²) in [5, 5.41) is 7.69. The van der Waals surface area contributed by atoms with Crippen molar-refractivity contribution in [2.24, 2.45) is 13.0 Å². The van der Waals surface area contributed by atoms with Crippen molar-refractivity contribution in [3.8, 4) is 0 Å².